The second-order valence-corrected chi connectivity index (χ2v) is 10.8. The van der Waals surface area contributed by atoms with Gasteiger partial charge in [-0.3, -0.25) is 9.69 Å². The summed E-state index contributed by atoms with van der Waals surface area (Å²) < 4.78 is 13.1. The van der Waals surface area contributed by atoms with E-state index in [4.69, 9.17) is 9.47 Å². The number of tetrazole rings is 1. The van der Waals surface area contributed by atoms with Crippen LogP contribution in [0.25, 0.3) is 10.9 Å². The molecule has 200 valence electrons. The van der Waals surface area contributed by atoms with Crippen molar-refractivity contribution >= 4 is 10.9 Å². The summed E-state index contributed by atoms with van der Waals surface area (Å²) in [6.45, 7) is 13.9. The first-order valence-corrected chi connectivity index (χ1v) is 13.2. The van der Waals surface area contributed by atoms with Gasteiger partial charge < -0.3 is 14.5 Å². The quantitative estimate of drug-likeness (QED) is 0.328. The first kappa shape index (κ1) is 25.9. The van der Waals surface area contributed by atoms with Gasteiger partial charge in [-0.1, -0.05) is 26.0 Å². The highest BCUT2D eigenvalue weighted by molar-refractivity contribution is 5.83. The molecule has 0 fully saturated rings. The lowest BCUT2D eigenvalue weighted by molar-refractivity contribution is 0.150. The van der Waals surface area contributed by atoms with Gasteiger partial charge >= 0.3 is 0 Å². The average molecular weight is 517 g/mol. The van der Waals surface area contributed by atoms with Gasteiger partial charge in [0.2, 0.25) is 6.79 Å². The number of fused-ring (bicyclic) bond motifs is 2. The maximum absolute atomic E-state index is 13.3. The molecule has 0 spiro atoms. The van der Waals surface area contributed by atoms with Crippen molar-refractivity contribution in [3.05, 3.63) is 74.8 Å². The zero-order chi connectivity index (χ0) is 27.0. The van der Waals surface area contributed by atoms with E-state index in [1.807, 2.05) is 41.9 Å². The number of H-pyrrole nitrogens is 1. The first-order chi connectivity index (χ1) is 18.2. The Hall–Kier alpha value is -3.72. The van der Waals surface area contributed by atoms with Crippen LogP contribution in [0.1, 0.15) is 74.7 Å². The number of benzene rings is 2. The maximum atomic E-state index is 13.3. The highest BCUT2D eigenvalue weighted by Gasteiger charge is 2.31. The molecular formula is C29H36N6O3. The number of hydrogen-bond donors (Lipinski definition) is 1. The highest BCUT2D eigenvalue weighted by atomic mass is 16.7. The molecule has 1 aliphatic heterocycles. The lowest BCUT2D eigenvalue weighted by Gasteiger charge is -2.33. The van der Waals surface area contributed by atoms with Gasteiger partial charge in [-0.05, 0) is 91.9 Å². The van der Waals surface area contributed by atoms with Gasteiger partial charge in [0.15, 0.2) is 17.3 Å². The highest BCUT2D eigenvalue weighted by Crippen LogP contribution is 2.35. The SMILES string of the molecule is CC[C@@H](c1nnnn1C(C)(C)CC)N(Cc1ccc2c(c1)OCO2)Cc1cc2c(C)cc(C)cc2[nH]c1=O. The van der Waals surface area contributed by atoms with Gasteiger partial charge in [0.1, 0.15) is 0 Å². The van der Waals surface area contributed by atoms with Gasteiger partial charge in [0.05, 0.1) is 11.6 Å². The summed E-state index contributed by atoms with van der Waals surface area (Å²) in [5, 5.41) is 14.0. The van der Waals surface area contributed by atoms with Gasteiger partial charge in [-0.15, -0.1) is 5.10 Å². The number of nitrogens with zero attached hydrogens (tertiary/aromatic N) is 5. The predicted molar refractivity (Wildman–Crippen MR) is 146 cm³/mol. The number of aromatic nitrogens is 5. The van der Waals surface area contributed by atoms with Crippen molar-refractivity contribution in [3.8, 4) is 11.5 Å². The molecule has 0 amide bonds. The van der Waals surface area contributed by atoms with Crippen molar-refractivity contribution in [2.45, 2.75) is 79.1 Å². The van der Waals surface area contributed by atoms with E-state index in [1.165, 1.54) is 0 Å². The summed E-state index contributed by atoms with van der Waals surface area (Å²) in [4.78, 5) is 18.7. The van der Waals surface area contributed by atoms with Crippen molar-refractivity contribution < 1.29 is 9.47 Å². The molecule has 2 aromatic carbocycles. The topological polar surface area (TPSA) is 98.2 Å². The lowest BCUT2D eigenvalue weighted by Crippen LogP contribution is -2.36. The molecule has 3 heterocycles. The number of hydrogen-bond acceptors (Lipinski definition) is 7. The fraction of sp³-hybridized carbons (Fsp3) is 0.448. The van der Waals surface area contributed by atoms with E-state index in [1.54, 1.807) is 0 Å². The Morgan fingerprint density at radius 1 is 1.08 bits per heavy atom. The number of ether oxygens (including phenoxy) is 2. The van der Waals surface area contributed by atoms with Gasteiger partial charge in [0.25, 0.3) is 5.56 Å². The van der Waals surface area contributed by atoms with Crippen molar-refractivity contribution in [2.24, 2.45) is 0 Å². The van der Waals surface area contributed by atoms with E-state index in [0.29, 0.717) is 18.7 Å². The third kappa shape index (κ3) is 4.90. The molecule has 38 heavy (non-hydrogen) atoms. The minimum atomic E-state index is -0.244. The molecule has 2 aromatic heterocycles. The third-order valence-corrected chi connectivity index (χ3v) is 7.64. The summed E-state index contributed by atoms with van der Waals surface area (Å²) in [5.74, 6) is 2.28. The molecule has 1 atom stereocenters. The standard InChI is InChI=1S/C29H36N6O3/c1-7-24(27-31-32-33-35(27)29(5,6)8-2)34(15-20-9-10-25-26(13-20)38-17-37-25)16-21-14-22-19(4)11-18(3)12-23(22)30-28(21)36/h9-14,24H,7-8,15-17H2,1-6H3,(H,30,36)/t24-/m0/s1. The van der Waals surface area contributed by atoms with Crippen LogP contribution in [0.15, 0.2) is 41.2 Å². The number of aryl methyl sites for hydroxylation is 2. The Morgan fingerprint density at radius 2 is 1.87 bits per heavy atom. The molecule has 0 bridgehead atoms. The number of rotatable bonds is 9. The molecule has 0 unspecified atom stereocenters. The van der Waals surface area contributed by atoms with Crippen LogP contribution in [0.2, 0.25) is 0 Å². The van der Waals surface area contributed by atoms with Crippen molar-refractivity contribution in [1.82, 2.24) is 30.1 Å². The third-order valence-electron chi connectivity index (χ3n) is 7.64. The largest absolute Gasteiger partial charge is 0.454 e. The summed E-state index contributed by atoms with van der Waals surface area (Å²) in [5.41, 5.74) is 4.56. The monoisotopic (exact) mass is 516 g/mol. The molecule has 1 N–H and O–H groups in total. The summed E-state index contributed by atoms with van der Waals surface area (Å²) in [6, 6.07) is 12.1. The van der Waals surface area contributed by atoms with Crippen LogP contribution < -0.4 is 15.0 Å². The number of nitrogens with one attached hydrogen (secondary N) is 1. The second-order valence-electron chi connectivity index (χ2n) is 10.8. The average Bonchev–Trinajstić information content (AvgIpc) is 3.55. The Balaban J connectivity index is 1.58. The summed E-state index contributed by atoms with van der Waals surface area (Å²) in [6.07, 6.45) is 1.65. The van der Waals surface area contributed by atoms with Gasteiger partial charge in [-0.25, -0.2) is 4.68 Å². The molecule has 0 saturated carbocycles. The van der Waals surface area contributed by atoms with Crippen LogP contribution in [0.4, 0.5) is 0 Å². The molecule has 0 aliphatic carbocycles. The van der Waals surface area contributed by atoms with E-state index in [0.717, 1.165) is 57.8 Å². The molecule has 1 aliphatic rings. The normalized spacial score (nSPS) is 14.0. The zero-order valence-corrected chi connectivity index (χ0v) is 23.0. The van der Waals surface area contributed by atoms with Crippen LogP contribution in [0, 0.1) is 13.8 Å². The first-order valence-electron chi connectivity index (χ1n) is 13.2. The molecular weight excluding hydrogens is 480 g/mol. The minimum absolute atomic E-state index is 0.0819. The van der Waals surface area contributed by atoms with E-state index >= 15 is 0 Å². The van der Waals surface area contributed by atoms with Crippen LogP contribution in [0.5, 0.6) is 11.5 Å². The summed E-state index contributed by atoms with van der Waals surface area (Å²) in [7, 11) is 0. The van der Waals surface area contributed by atoms with Crippen LogP contribution >= 0.6 is 0 Å². The Bertz CT molecular complexity index is 1520. The summed E-state index contributed by atoms with van der Waals surface area (Å²) >= 11 is 0. The van der Waals surface area contributed by atoms with E-state index in [-0.39, 0.29) is 23.9 Å². The van der Waals surface area contributed by atoms with Crippen LogP contribution in [-0.4, -0.2) is 36.9 Å². The maximum Gasteiger partial charge on any atom is 0.252 e. The molecule has 0 saturated heterocycles. The molecule has 0 radical (unpaired) electrons. The minimum Gasteiger partial charge on any atom is -0.454 e. The smallest absolute Gasteiger partial charge is 0.252 e. The zero-order valence-electron chi connectivity index (χ0n) is 23.0. The Kier molecular flexibility index (Phi) is 6.96. The van der Waals surface area contributed by atoms with Gasteiger partial charge in [0, 0.05) is 29.6 Å². The number of aromatic amines is 1. The molecule has 4 aromatic rings. The molecule has 5 rings (SSSR count). The predicted octanol–water partition coefficient (Wildman–Crippen LogP) is 5.16. The van der Waals surface area contributed by atoms with Crippen molar-refractivity contribution in [2.75, 3.05) is 6.79 Å². The van der Waals surface area contributed by atoms with Crippen molar-refractivity contribution in [1.29, 1.82) is 0 Å². The van der Waals surface area contributed by atoms with E-state index < -0.39 is 0 Å². The fourth-order valence-electron chi connectivity index (χ4n) is 5.19. The molecule has 9 heteroatoms. The number of pyridine rings is 1. The van der Waals surface area contributed by atoms with Crippen LogP contribution in [-0.2, 0) is 18.6 Å². The Labute approximate surface area is 222 Å². The lowest BCUT2D eigenvalue weighted by atomic mass is 10.0. The Morgan fingerprint density at radius 3 is 2.63 bits per heavy atom. The van der Waals surface area contributed by atoms with E-state index in [9.17, 15) is 4.79 Å². The van der Waals surface area contributed by atoms with Crippen molar-refractivity contribution in [3.63, 3.8) is 0 Å². The van der Waals surface area contributed by atoms with Crippen LogP contribution in [0.3, 0.4) is 0 Å². The fourth-order valence-corrected chi connectivity index (χ4v) is 5.19. The van der Waals surface area contributed by atoms with Gasteiger partial charge in [-0.2, -0.15) is 0 Å². The van der Waals surface area contributed by atoms with E-state index in [2.05, 4.69) is 66.1 Å². The second kappa shape index (κ2) is 10.2. The molecule has 9 nitrogen and oxygen atoms in total.